The van der Waals surface area contributed by atoms with Crippen LogP contribution >= 0.6 is 23.1 Å². The molecule has 4 rings (SSSR count). The lowest BCUT2D eigenvalue weighted by atomic mass is 10.1. The van der Waals surface area contributed by atoms with Gasteiger partial charge in [0.2, 0.25) is 0 Å². The van der Waals surface area contributed by atoms with Crippen LogP contribution < -0.4 is 0 Å². The summed E-state index contributed by atoms with van der Waals surface area (Å²) in [6.07, 6.45) is 1.08. The smallest absolute Gasteiger partial charge is 0.168 e. The fourth-order valence-corrected chi connectivity index (χ4v) is 4.75. The van der Waals surface area contributed by atoms with Crippen LogP contribution in [0.4, 0.5) is 0 Å². The number of aliphatic hydroxyl groups is 1. The molecule has 0 saturated carbocycles. The molecule has 3 heterocycles. The van der Waals surface area contributed by atoms with Crippen molar-refractivity contribution in [1.29, 1.82) is 0 Å². The van der Waals surface area contributed by atoms with Gasteiger partial charge in [-0.1, -0.05) is 30.0 Å². The molecule has 0 bridgehead atoms. The van der Waals surface area contributed by atoms with Crippen LogP contribution in [0, 0.1) is 0 Å². The summed E-state index contributed by atoms with van der Waals surface area (Å²) in [4.78, 5) is 7.88. The van der Waals surface area contributed by atoms with E-state index in [1.165, 1.54) is 15.6 Å². The van der Waals surface area contributed by atoms with Crippen LogP contribution in [0.5, 0.6) is 0 Å². The van der Waals surface area contributed by atoms with E-state index in [4.69, 9.17) is 0 Å². The van der Waals surface area contributed by atoms with Crippen molar-refractivity contribution < 1.29 is 5.11 Å². The Morgan fingerprint density at radius 1 is 1.30 bits per heavy atom. The molecule has 0 amide bonds. The molecule has 2 aliphatic heterocycles. The zero-order valence-corrected chi connectivity index (χ0v) is 12.5. The topological polar surface area (TPSA) is 35.8 Å². The first-order valence-corrected chi connectivity index (χ1v) is 8.38. The molecule has 1 N–H and O–H groups in total. The van der Waals surface area contributed by atoms with Gasteiger partial charge < -0.3 is 10.0 Å². The van der Waals surface area contributed by atoms with Crippen LogP contribution in [0.25, 0.3) is 15.8 Å². The van der Waals surface area contributed by atoms with Crippen molar-refractivity contribution >= 4 is 44.0 Å². The Hall–Kier alpha value is -1.30. The Kier molecular flexibility index (Phi) is 3.06. The molecule has 0 saturated heterocycles. The number of hydrogen-bond acceptors (Lipinski definition) is 5. The van der Waals surface area contributed by atoms with E-state index in [0.717, 1.165) is 35.3 Å². The molecule has 102 valence electrons. The monoisotopic (exact) mass is 302 g/mol. The first-order valence-electron chi connectivity index (χ1n) is 6.69. The van der Waals surface area contributed by atoms with Crippen molar-refractivity contribution in [3.8, 4) is 0 Å². The standard InChI is InChI=1S/C15H14N2OS2/c18-8-13-14(17-7-3-6-16-15(17)20-13)11-9-19-12-5-2-1-4-10(11)12/h1-2,4-5,9,18H,3,6-8H2. The number of rotatable bonds is 2. The average molecular weight is 302 g/mol. The fourth-order valence-electron chi connectivity index (χ4n) is 2.75. The maximum Gasteiger partial charge on any atom is 0.168 e. The lowest BCUT2D eigenvalue weighted by Gasteiger charge is -2.25. The van der Waals surface area contributed by atoms with Gasteiger partial charge in [0.1, 0.15) is 0 Å². The van der Waals surface area contributed by atoms with Crippen molar-refractivity contribution in [2.24, 2.45) is 4.99 Å². The van der Waals surface area contributed by atoms with Crippen molar-refractivity contribution in [2.75, 3.05) is 19.7 Å². The zero-order valence-electron chi connectivity index (χ0n) is 10.9. The molecule has 5 heteroatoms. The molecule has 0 unspecified atom stereocenters. The maximum absolute atomic E-state index is 9.70. The number of fused-ring (bicyclic) bond motifs is 2. The second kappa shape index (κ2) is 4.91. The van der Waals surface area contributed by atoms with Crippen LogP contribution in [0.15, 0.2) is 39.5 Å². The third-order valence-corrected chi connectivity index (χ3v) is 5.71. The van der Waals surface area contributed by atoms with Crippen LogP contribution in [0.1, 0.15) is 12.0 Å². The van der Waals surface area contributed by atoms with E-state index in [1.54, 1.807) is 23.1 Å². The summed E-state index contributed by atoms with van der Waals surface area (Å²) < 4.78 is 1.29. The van der Waals surface area contributed by atoms with Gasteiger partial charge in [-0.2, -0.15) is 0 Å². The van der Waals surface area contributed by atoms with E-state index in [2.05, 4.69) is 39.5 Å². The summed E-state index contributed by atoms with van der Waals surface area (Å²) in [5, 5.41) is 14.2. The van der Waals surface area contributed by atoms with E-state index in [-0.39, 0.29) is 6.61 Å². The Morgan fingerprint density at radius 3 is 3.10 bits per heavy atom. The van der Waals surface area contributed by atoms with Crippen molar-refractivity contribution in [3.63, 3.8) is 0 Å². The Morgan fingerprint density at radius 2 is 2.20 bits per heavy atom. The Labute approximate surface area is 125 Å². The van der Waals surface area contributed by atoms with Crippen LogP contribution in [0.2, 0.25) is 0 Å². The first-order chi connectivity index (χ1) is 9.88. The summed E-state index contributed by atoms with van der Waals surface area (Å²) in [6, 6.07) is 8.45. The second-order valence-electron chi connectivity index (χ2n) is 4.85. The number of aliphatic hydroxyl groups excluding tert-OH is 1. The maximum atomic E-state index is 9.70. The summed E-state index contributed by atoms with van der Waals surface area (Å²) in [5.41, 5.74) is 2.39. The van der Waals surface area contributed by atoms with Gasteiger partial charge in [0.25, 0.3) is 0 Å². The van der Waals surface area contributed by atoms with Gasteiger partial charge in [-0.15, -0.1) is 11.3 Å². The molecule has 0 radical (unpaired) electrons. The number of amidine groups is 1. The first kappa shape index (κ1) is 12.4. The molecule has 1 aromatic heterocycles. The average Bonchev–Trinajstić information content (AvgIpc) is 3.07. The molecule has 1 aromatic carbocycles. The molecular weight excluding hydrogens is 288 g/mol. The third kappa shape index (κ3) is 1.81. The van der Waals surface area contributed by atoms with Crippen LogP contribution in [0.3, 0.4) is 0 Å². The highest BCUT2D eigenvalue weighted by molar-refractivity contribution is 8.17. The van der Waals surface area contributed by atoms with E-state index in [0.29, 0.717) is 0 Å². The van der Waals surface area contributed by atoms with Gasteiger partial charge in [-0.05, 0) is 12.5 Å². The molecule has 0 spiro atoms. The molecule has 0 fully saturated rings. The number of thiophene rings is 1. The zero-order chi connectivity index (χ0) is 13.5. The lowest BCUT2D eigenvalue weighted by Crippen LogP contribution is -2.28. The minimum atomic E-state index is 0.0830. The minimum absolute atomic E-state index is 0.0830. The number of aliphatic imine (C=N–C) groups is 1. The molecular formula is C15H14N2OS2. The third-order valence-electron chi connectivity index (χ3n) is 3.65. The lowest BCUT2D eigenvalue weighted by molar-refractivity contribution is 0.339. The molecule has 0 atom stereocenters. The molecule has 2 aliphatic rings. The quantitative estimate of drug-likeness (QED) is 0.924. The van der Waals surface area contributed by atoms with Crippen LogP contribution in [-0.2, 0) is 0 Å². The number of hydrogen-bond donors (Lipinski definition) is 1. The van der Waals surface area contributed by atoms with Crippen molar-refractivity contribution in [3.05, 3.63) is 40.1 Å². The molecule has 3 nitrogen and oxygen atoms in total. The summed E-state index contributed by atoms with van der Waals surface area (Å²) in [7, 11) is 0. The molecule has 0 aliphatic carbocycles. The van der Waals surface area contributed by atoms with Crippen molar-refractivity contribution in [2.45, 2.75) is 6.42 Å². The Balaban J connectivity index is 1.90. The van der Waals surface area contributed by atoms with Crippen LogP contribution in [-0.4, -0.2) is 34.9 Å². The fraction of sp³-hybridized carbons (Fsp3) is 0.267. The van der Waals surface area contributed by atoms with Gasteiger partial charge in [-0.25, -0.2) is 0 Å². The molecule has 2 aromatic rings. The van der Waals surface area contributed by atoms with E-state index >= 15 is 0 Å². The highest BCUT2D eigenvalue weighted by Gasteiger charge is 2.32. The predicted molar refractivity (Wildman–Crippen MR) is 87.0 cm³/mol. The van der Waals surface area contributed by atoms with Gasteiger partial charge in [-0.3, -0.25) is 4.99 Å². The number of benzene rings is 1. The summed E-state index contributed by atoms with van der Waals surface area (Å²) >= 11 is 3.38. The van der Waals surface area contributed by atoms with Gasteiger partial charge in [0, 0.05) is 39.0 Å². The van der Waals surface area contributed by atoms with Crippen molar-refractivity contribution in [1.82, 2.24) is 4.90 Å². The van der Waals surface area contributed by atoms with Gasteiger partial charge >= 0.3 is 0 Å². The highest BCUT2D eigenvalue weighted by Crippen LogP contribution is 2.44. The Bertz CT molecular complexity index is 732. The summed E-state index contributed by atoms with van der Waals surface area (Å²) in [6.45, 7) is 1.98. The second-order valence-corrected chi connectivity index (χ2v) is 6.82. The highest BCUT2D eigenvalue weighted by atomic mass is 32.2. The van der Waals surface area contributed by atoms with E-state index < -0.39 is 0 Å². The van der Waals surface area contributed by atoms with Gasteiger partial charge in [0.05, 0.1) is 12.3 Å². The molecule has 20 heavy (non-hydrogen) atoms. The predicted octanol–water partition coefficient (Wildman–Crippen LogP) is 3.37. The van der Waals surface area contributed by atoms with Gasteiger partial charge in [0.15, 0.2) is 5.17 Å². The van der Waals surface area contributed by atoms with E-state index in [9.17, 15) is 5.11 Å². The number of thioether (sulfide) groups is 1. The summed E-state index contributed by atoms with van der Waals surface area (Å²) in [5.74, 6) is 0. The number of nitrogens with zero attached hydrogens (tertiary/aromatic N) is 2. The van der Waals surface area contributed by atoms with E-state index in [1.807, 2.05) is 0 Å². The SMILES string of the molecule is OCC1=C(c2csc3ccccc23)N2CCCN=C2S1. The largest absolute Gasteiger partial charge is 0.391 e. The normalized spacial score (nSPS) is 18.6. The minimum Gasteiger partial charge on any atom is -0.391 e.